The quantitative estimate of drug-likeness (QED) is 0.103. The molecule has 2 heterocycles. The Morgan fingerprint density at radius 1 is 0.467 bits per heavy atom. The first-order chi connectivity index (χ1) is 27.9. The van der Waals surface area contributed by atoms with Gasteiger partial charge < -0.3 is 29.2 Å². The third kappa shape index (κ3) is 10.9. The Balaban J connectivity index is 0.00000302. The zero-order valence-corrected chi connectivity index (χ0v) is 37.5. The van der Waals surface area contributed by atoms with Crippen molar-refractivity contribution in [2.75, 3.05) is 10.6 Å². The number of hydrogen-bond donors (Lipinski definition) is 2. The zero-order valence-electron chi connectivity index (χ0n) is 31.9. The van der Waals surface area contributed by atoms with Crippen LogP contribution in [0.25, 0.3) is 33.7 Å². The van der Waals surface area contributed by atoms with Gasteiger partial charge in [-0.25, -0.2) is 36.8 Å². The van der Waals surface area contributed by atoms with Gasteiger partial charge in [-0.3, -0.25) is 0 Å². The average Bonchev–Trinajstić information content (AvgIpc) is 3.20. The average molecular weight is 855 g/mol. The maximum atomic E-state index is 12.4. The van der Waals surface area contributed by atoms with E-state index in [1.54, 1.807) is 12.1 Å². The van der Waals surface area contributed by atoms with Gasteiger partial charge in [0, 0.05) is 23.5 Å². The summed E-state index contributed by atoms with van der Waals surface area (Å²) in [5.41, 5.74) is 0.298. The summed E-state index contributed by atoms with van der Waals surface area (Å²) < 4.78 is 86.3. The van der Waals surface area contributed by atoms with E-state index in [0.717, 1.165) is 33.7 Å². The number of anilines is 4. The molecule has 288 valence electrons. The molecule has 0 aliphatic heterocycles. The molecule has 0 atom stereocenters. The fourth-order valence-corrected chi connectivity index (χ4v) is 7.43. The van der Waals surface area contributed by atoms with E-state index in [4.69, 9.17) is 9.47 Å². The van der Waals surface area contributed by atoms with Crippen LogP contribution in [0.2, 0.25) is 0 Å². The summed E-state index contributed by atoms with van der Waals surface area (Å²) in [7, 11) is -10.1. The molecule has 0 amide bonds. The normalized spacial score (nSPS) is 11.4. The van der Waals surface area contributed by atoms with Crippen LogP contribution in [0, 0.1) is 0 Å². The third-order valence-corrected chi connectivity index (χ3v) is 10.5. The van der Waals surface area contributed by atoms with Gasteiger partial charge in [0.05, 0.1) is 9.79 Å². The number of ether oxygens (including phenoxy) is 2. The van der Waals surface area contributed by atoms with Crippen LogP contribution in [0.5, 0.6) is 23.3 Å². The molecule has 0 saturated heterocycles. The molecular formula is C42H28N6Na2O8S2. The molecule has 0 aliphatic rings. The van der Waals surface area contributed by atoms with Crippen LogP contribution >= 0.6 is 0 Å². The van der Waals surface area contributed by atoms with Crippen molar-refractivity contribution in [1.29, 1.82) is 0 Å². The summed E-state index contributed by atoms with van der Waals surface area (Å²) >= 11 is 0. The van der Waals surface area contributed by atoms with E-state index < -0.39 is 30.0 Å². The van der Waals surface area contributed by atoms with E-state index in [2.05, 4.69) is 30.6 Å². The number of aromatic nitrogens is 4. The van der Waals surface area contributed by atoms with Crippen LogP contribution in [0.15, 0.2) is 156 Å². The largest absolute Gasteiger partial charge is 1.00 e. The molecule has 0 saturated carbocycles. The van der Waals surface area contributed by atoms with Crippen LogP contribution in [0.4, 0.5) is 23.0 Å². The second-order valence-electron chi connectivity index (χ2n) is 12.7. The first-order valence-corrected chi connectivity index (χ1v) is 20.1. The van der Waals surface area contributed by atoms with Gasteiger partial charge in [-0.2, -0.15) is 0 Å². The second-order valence-corrected chi connectivity index (χ2v) is 15.4. The summed E-state index contributed by atoms with van der Waals surface area (Å²) in [5.74, 6) is 2.00. The smallest absolute Gasteiger partial charge is 0.744 e. The predicted octanol–water partition coefficient (Wildman–Crippen LogP) is 2.63. The molecule has 0 fully saturated rings. The van der Waals surface area contributed by atoms with Crippen LogP contribution in [0.3, 0.4) is 0 Å². The minimum Gasteiger partial charge on any atom is -0.744 e. The van der Waals surface area contributed by atoms with E-state index in [9.17, 15) is 25.9 Å². The van der Waals surface area contributed by atoms with Crippen molar-refractivity contribution in [3.8, 4) is 23.3 Å². The fraction of sp³-hybridized carbons (Fsp3) is 0. The molecule has 8 aromatic rings. The van der Waals surface area contributed by atoms with Crippen molar-refractivity contribution in [2.45, 2.75) is 9.79 Å². The van der Waals surface area contributed by atoms with Gasteiger partial charge in [0.25, 0.3) is 0 Å². The Bertz CT molecular complexity index is 2910. The van der Waals surface area contributed by atoms with Crippen LogP contribution in [-0.4, -0.2) is 45.9 Å². The molecule has 0 radical (unpaired) electrons. The molecule has 0 bridgehead atoms. The Labute approximate surface area is 388 Å². The topological polar surface area (TPSA) is 208 Å². The minimum absolute atomic E-state index is 0. The summed E-state index contributed by atoms with van der Waals surface area (Å²) in [5, 5.41) is 9.93. The molecule has 0 spiro atoms. The maximum absolute atomic E-state index is 12.4. The molecule has 2 aromatic heterocycles. The van der Waals surface area contributed by atoms with Gasteiger partial charge in [-0.05, 0) is 81.2 Å². The molecule has 6 aromatic carbocycles. The van der Waals surface area contributed by atoms with Crippen molar-refractivity contribution in [3.05, 3.63) is 157 Å². The molecule has 18 heteroatoms. The summed E-state index contributed by atoms with van der Waals surface area (Å²) in [6.07, 6.45) is 4.98. The van der Waals surface area contributed by atoms with Crippen LogP contribution < -0.4 is 79.2 Å². The predicted molar refractivity (Wildman–Crippen MR) is 216 cm³/mol. The monoisotopic (exact) mass is 854 g/mol. The number of nitrogens with one attached hydrogen (secondary N) is 2. The minimum atomic E-state index is -5.04. The van der Waals surface area contributed by atoms with Crippen molar-refractivity contribution < 1.29 is 94.5 Å². The molecule has 2 N–H and O–H groups in total. The summed E-state index contributed by atoms with van der Waals surface area (Å²) in [6.45, 7) is 0. The second kappa shape index (κ2) is 19.0. The van der Waals surface area contributed by atoms with Crippen molar-refractivity contribution >= 4 is 76.9 Å². The van der Waals surface area contributed by atoms with Gasteiger partial charge in [-0.1, -0.05) is 84.9 Å². The first-order valence-electron chi connectivity index (χ1n) is 17.3. The van der Waals surface area contributed by atoms with Crippen LogP contribution in [-0.2, 0) is 20.2 Å². The SMILES string of the molecule is O=S(=O)([O-])c1cc(Nc2cc(Oc3ccc4ccccc4c3)ncn2)ccc1C=Cc1ccc(Nc2cc(Oc3ccc4ccccc4c3)ncn2)cc1S(=O)(=O)[O-].[Na+].[Na+]. The van der Waals surface area contributed by atoms with Gasteiger partial charge >= 0.3 is 59.1 Å². The van der Waals surface area contributed by atoms with Crippen LogP contribution in [0.1, 0.15) is 11.1 Å². The summed E-state index contributed by atoms with van der Waals surface area (Å²) in [6, 6.07) is 37.7. The Hall–Kier alpha value is -5.24. The molecule has 14 nitrogen and oxygen atoms in total. The number of nitrogens with zero attached hydrogens (tertiary/aromatic N) is 4. The Morgan fingerprint density at radius 2 is 0.867 bits per heavy atom. The molecular weight excluding hydrogens is 827 g/mol. The van der Waals surface area contributed by atoms with Gasteiger partial charge in [0.2, 0.25) is 11.8 Å². The molecule has 0 aliphatic carbocycles. The maximum Gasteiger partial charge on any atom is 1.00 e. The fourth-order valence-electron chi connectivity index (χ4n) is 6.04. The van der Waals surface area contributed by atoms with E-state index in [-0.39, 0.29) is 105 Å². The number of rotatable bonds is 12. The standard InChI is InChI=1S/C42H30N6O8S2.2Na/c49-57(50,51)37-21-33(47-39-23-41(45-25-43-39)55-35-17-13-27-5-1-3-7-31(27)19-35)15-11-29(37)9-10-30-12-16-34(22-38(30)58(52,53)54)48-40-24-42(46-26-44-40)56-36-18-14-28-6-2-4-8-32(28)20-36;;/h1-26H,(H,43,45,47)(H,44,46,48)(H,49,50,51)(H,52,53,54);;/q;2*+1/p-2. The Morgan fingerprint density at radius 3 is 1.27 bits per heavy atom. The number of hydrogen-bond acceptors (Lipinski definition) is 14. The summed E-state index contributed by atoms with van der Waals surface area (Å²) in [4.78, 5) is 15.4. The third-order valence-electron chi connectivity index (χ3n) is 8.72. The van der Waals surface area contributed by atoms with Crippen molar-refractivity contribution in [1.82, 2.24) is 19.9 Å². The van der Waals surface area contributed by atoms with Gasteiger partial charge in [-0.15, -0.1) is 0 Å². The number of benzene rings is 6. The first kappa shape index (κ1) is 44.3. The van der Waals surface area contributed by atoms with E-state index in [0.29, 0.717) is 11.5 Å². The van der Waals surface area contributed by atoms with Gasteiger partial charge in [0.1, 0.15) is 56.0 Å². The van der Waals surface area contributed by atoms with E-state index in [1.807, 2.05) is 72.8 Å². The zero-order chi connectivity index (χ0) is 40.3. The molecule has 60 heavy (non-hydrogen) atoms. The number of fused-ring (bicyclic) bond motifs is 2. The molecule has 0 unspecified atom stereocenters. The Kier molecular flexibility index (Phi) is 14.0. The van der Waals surface area contributed by atoms with E-state index >= 15 is 0 Å². The van der Waals surface area contributed by atoms with Crippen molar-refractivity contribution in [3.63, 3.8) is 0 Å². The van der Waals surface area contributed by atoms with Gasteiger partial charge in [0.15, 0.2) is 0 Å². The van der Waals surface area contributed by atoms with E-state index in [1.165, 1.54) is 61.2 Å². The van der Waals surface area contributed by atoms with Crippen molar-refractivity contribution in [2.24, 2.45) is 0 Å². The molecule has 8 rings (SSSR count).